The molecular weight excluding hydrogens is 476 g/mol. The zero-order valence-electron chi connectivity index (χ0n) is 12.1. The van der Waals surface area contributed by atoms with Crippen molar-refractivity contribution in [1.29, 1.82) is 15.8 Å². The van der Waals surface area contributed by atoms with Crippen molar-refractivity contribution >= 4 is 38.4 Å². The van der Waals surface area contributed by atoms with Gasteiger partial charge in [0.1, 0.15) is 23.9 Å². The van der Waals surface area contributed by atoms with Gasteiger partial charge in [-0.05, 0) is 47.2 Å². The molecule has 0 aromatic heterocycles. The Morgan fingerprint density at radius 1 is 1.20 bits per heavy atom. The molecule has 0 aliphatic carbocycles. The number of nitriles is 3. The summed E-state index contributed by atoms with van der Waals surface area (Å²) >= 11 is 1.82. The molecule has 0 bridgehead atoms. The van der Waals surface area contributed by atoms with Gasteiger partial charge < -0.3 is 9.50 Å². The highest BCUT2D eigenvalue weighted by Gasteiger charge is 2.48. The van der Waals surface area contributed by atoms with Crippen molar-refractivity contribution in [2.75, 3.05) is 5.32 Å². The lowest BCUT2D eigenvalue weighted by Gasteiger charge is -2.15. The van der Waals surface area contributed by atoms with Crippen LogP contribution in [0.5, 0.6) is 5.75 Å². The Bertz CT molecular complexity index is 950. The quantitative estimate of drug-likeness (QED) is 0.303. The lowest BCUT2D eigenvalue weighted by atomic mass is 10.2. The minimum atomic E-state index is -5.95. The molecule has 1 aromatic carbocycles. The van der Waals surface area contributed by atoms with E-state index in [1.165, 1.54) is 31.2 Å². The highest BCUT2D eigenvalue weighted by molar-refractivity contribution is 14.1. The van der Waals surface area contributed by atoms with Crippen LogP contribution in [0.1, 0.15) is 5.56 Å². The Hall–Kier alpha value is -2.50. The lowest BCUT2D eigenvalue weighted by molar-refractivity contribution is -0.0499. The summed E-state index contributed by atoms with van der Waals surface area (Å²) in [4.78, 5) is 0. The van der Waals surface area contributed by atoms with Gasteiger partial charge in [0, 0.05) is 3.57 Å². The molecule has 0 aliphatic rings. The van der Waals surface area contributed by atoms with Crippen LogP contribution in [0, 0.1) is 44.5 Å². The zero-order chi connectivity index (χ0) is 19.4. The number of benzene rings is 1. The van der Waals surface area contributed by atoms with Crippen molar-refractivity contribution in [3.63, 3.8) is 0 Å². The Morgan fingerprint density at radius 3 is 2.20 bits per heavy atom. The number of hydrogen-bond acceptors (Lipinski definition) is 7. The van der Waals surface area contributed by atoms with Crippen LogP contribution >= 0.6 is 22.6 Å². The summed E-state index contributed by atoms with van der Waals surface area (Å²) in [6.45, 7) is 1.50. The standard InChI is InChI=1S/C13H6F3IN4O3S/c1-7-2-12(24-25(22,23)13(14,15)16)10(3-9(7)17)21-11(6-20)8(4-18)5-19/h2-3,21H,1H3. The fourth-order valence-corrected chi connectivity index (χ4v) is 2.34. The molecule has 130 valence electrons. The van der Waals surface area contributed by atoms with Crippen LogP contribution in [0.2, 0.25) is 0 Å². The van der Waals surface area contributed by atoms with Gasteiger partial charge in [-0.1, -0.05) is 0 Å². The van der Waals surface area contributed by atoms with Crippen LogP contribution in [0.4, 0.5) is 18.9 Å². The normalized spacial score (nSPS) is 10.8. The van der Waals surface area contributed by atoms with Gasteiger partial charge in [-0.25, -0.2) is 0 Å². The first-order chi connectivity index (χ1) is 11.5. The number of hydrogen-bond donors (Lipinski definition) is 1. The minimum Gasteiger partial charge on any atom is -0.374 e. The van der Waals surface area contributed by atoms with Crippen LogP contribution in [0.25, 0.3) is 0 Å². The topological polar surface area (TPSA) is 127 Å². The van der Waals surface area contributed by atoms with Crippen LogP contribution in [-0.4, -0.2) is 13.9 Å². The van der Waals surface area contributed by atoms with Crippen molar-refractivity contribution < 1.29 is 25.8 Å². The fourth-order valence-electron chi connectivity index (χ4n) is 1.40. The average molecular weight is 482 g/mol. The van der Waals surface area contributed by atoms with Gasteiger partial charge in [0.2, 0.25) is 0 Å². The molecule has 0 fully saturated rings. The largest absolute Gasteiger partial charge is 0.534 e. The highest BCUT2D eigenvalue weighted by Crippen LogP contribution is 2.35. The molecule has 0 saturated heterocycles. The number of anilines is 1. The second-order valence-corrected chi connectivity index (χ2v) is 6.99. The molecule has 1 N–H and O–H groups in total. The molecule has 0 spiro atoms. The van der Waals surface area contributed by atoms with E-state index in [1.807, 2.05) is 22.6 Å². The summed E-state index contributed by atoms with van der Waals surface area (Å²) < 4.78 is 64.6. The molecule has 0 saturated carbocycles. The predicted octanol–water partition coefficient (Wildman–Crippen LogP) is 3.06. The van der Waals surface area contributed by atoms with Crippen LogP contribution in [0.3, 0.4) is 0 Å². The van der Waals surface area contributed by atoms with Crippen molar-refractivity contribution in [2.45, 2.75) is 12.4 Å². The maximum Gasteiger partial charge on any atom is 0.534 e. The molecule has 1 aromatic rings. The van der Waals surface area contributed by atoms with E-state index in [4.69, 9.17) is 15.8 Å². The molecule has 7 nitrogen and oxygen atoms in total. The Labute approximate surface area is 154 Å². The molecule has 0 amide bonds. The average Bonchev–Trinajstić information content (AvgIpc) is 2.50. The molecule has 0 atom stereocenters. The number of alkyl halides is 3. The second kappa shape index (κ2) is 7.59. The first-order valence-electron chi connectivity index (χ1n) is 5.99. The number of allylic oxidation sites excluding steroid dienone is 2. The third kappa shape index (κ3) is 4.75. The summed E-state index contributed by atoms with van der Waals surface area (Å²) in [5.74, 6) is -0.738. The maximum absolute atomic E-state index is 12.5. The first-order valence-corrected chi connectivity index (χ1v) is 8.48. The molecule has 12 heteroatoms. The Balaban J connectivity index is 3.51. The van der Waals surface area contributed by atoms with Crippen molar-refractivity contribution in [2.24, 2.45) is 0 Å². The van der Waals surface area contributed by atoms with Crippen molar-refractivity contribution in [1.82, 2.24) is 0 Å². The highest BCUT2D eigenvalue weighted by atomic mass is 127. The van der Waals surface area contributed by atoms with E-state index in [0.29, 0.717) is 9.13 Å². The monoisotopic (exact) mass is 482 g/mol. The summed E-state index contributed by atoms with van der Waals surface area (Å²) in [5, 5.41) is 28.8. The van der Waals surface area contributed by atoms with E-state index < -0.39 is 32.6 Å². The zero-order valence-corrected chi connectivity index (χ0v) is 15.1. The van der Waals surface area contributed by atoms with Gasteiger partial charge >= 0.3 is 15.6 Å². The number of nitrogens with zero attached hydrogens (tertiary/aromatic N) is 3. The number of rotatable bonds is 4. The molecular formula is C13H6F3IN4O3S. The predicted molar refractivity (Wildman–Crippen MR) is 87.0 cm³/mol. The molecule has 1 rings (SSSR count). The third-order valence-corrected chi connectivity index (χ3v) is 4.72. The van der Waals surface area contributed by atoms with Gasteiger partial charge in [-0.3, -0.25) is 0 Å². The van der Waals surface area contributed by atoms with Gasteiger partial charge in [0.15, 0.2) is 11.3 Å². The van der Waals surface area contributed by atoms with Crippen LogP contribution < -0.4 is 9.50 Å². The summed E-state index contributed by atoms with van der Waals surface area (Å²) in [5.41, 5.74) is -6.79. The minimum absolute atomic E-state index is 0.331. The summed E-state index contributed by atoms with van der Waals surface area (Å²) in [6, 6.07) is 6.59. The summed E-state index contributed by atoms with van der Waals surface area (Å²) in [7, 11) is -5.95. The van der Waals surface area contributed by atoms with Gasteiger partial charge in [-0.15, -0.1) is 0 Å². The second-order valence-electron chi connectivity index (χ2n) is 4.29. The third-order valence-electron chi connectivity index (χ3n) is 2.59. The van der Waals surface area contributed by atoms with Gasteiger partial charge in [0.25, 0.3) is 0 Å². The van der Waals surface area contributed by atoms with Gasteiger partial charge in [0.05, 0.1) is 5.69 Å². The van der Waals surface area contributed by atoms with Crippen molar-refractivity contribution in [3.05, 3.63) is 32.5 Å². The Kier molecular flexibility index (Phi) is 6.24. The maximum atomic E-state index is 12.5. The van der Waals surface area contributed by atoms with Crippen LogP contribution in [0.15, 0.2) is 23.4 Å². The number of halogens is 4. The molecule has 0 radical (unpaired) electrons. The first kappa shape index (κ1) is 20.5. The Morgan fingerprint density at radius 2 is 1.76 bits per heavy atom. The van der Waals surface area contributed by atoms with E-state index in [0.717, 1.165) is 6.07 Å². The number of nitrogens with one attached hydrogen (secondary N) is 1. The number of aryl methyl sites for hydroxylation is 1. The van der Waals surface area contributed by atoms with E-state index in [9.17, 15) is 21.6 Å². The van der Waals surface area contributed by atoms with E-state index in [2.05, 4.69) is 9.50 Å². The SMILES string of the molecule is Cc1cc(OS(=O)(=O)C(F)(F)F)c(NC(C#N)=C(C#N)C#N)cc1I. The fraction of sp³-hybridized carbons (Fsp3) is 0.154. The molecule has 0 aliphatic heterocycles. The molecule has 0 unspecified atom stereocenters. The van der Waals surface area contributed by atoms with E-state index in [1.54, 1.807) is 0 Å². The smallest absolute Gasteiger partial charge is 0.374 e. The van der Waals surface area contributed by atoms with E-state index in [-0.39, 0.29) is 5.69 Å². The van der Waals surface area contributed by atoms with Gasteiger partial charge in [-0.2, -0.15) is 37.4 Å². The van der Waals surface area contributed by atoms with E-state index >= 15 is 0 Å². The molecule has 0 heterocycles. The molecule has 25 heavy (non-hydrogen) atoms. The summed E-state index contributed by atoms with van der Waals surface area (Å²) in [6.07, 6.45) is 0. The van der Waals surface area contributed by atoms with Crippen LogP contribution in [-0.2, 0) is 10.1 Å². The van der Waals surface area contributed by atoms with Crippen molar-refractivity contribution in [3.8, 4) is 24.0 Å². The lowest BCUT2D eigenvalue weighted by Crippen LogP contribution is -2.28.